The molecule has 2 N–H and O–H groups in total. The van der Waals surface area contributed by atoms with Crippen LogP contribution in [0.1, 0.15) is 42.0 Å². The molecule has 0 aliphatic heterocycles. The molecule has 106 valence electrons. The average molecular weight is 275 g/mol. The molecule has 2 unspecified atom stereocenters. The van der Waals surface area contributed by atoms with E-state index in [-0.39, 0.29) is 17.8 Å². The van der Waals surface area contributed by atoms with E-state index >= 15 is 0 Å². The quantitative estimate of drug-likeness (QED) is 0.831. The van der Waals surface area contributed by atoms with Crippen LogP contribution >= 0.6 is 0 Å². The molecule has 7 nitrogen and oxygen atoms in total. The van der Waals surface area contributed by atoms with E-state index in [2.05, 4.69) is 20.4 Å². The summed E-state index contributed by atoms with van der Waals surface area (Å²) in [5.41, 5.74) is 0.860. The highest BCUT2D eigenvalue weighted by atomic mass is 16.3. The molecule has 2 atom stereocenters. The van der Waals surface area contributed by atoms with E-state index in [1.807, 2.05) is 6.92 Å². The van der Waals surface area contributed by atoms with Gasteiger partial charge in [-0.1, -0.05) is 12.8 Å². The second kappa shape index (κ2) is 5.16. The topological polar surface area (TPSA) is 92.4 Å². The lowest BCUT2D eigenvalue weighted by Crippen LogP contribution is -2.45. The highest BCUT2D eigenvalue weighted by Gasteiger charge is 2.26. The predicted molar refractivity (Wildman–Crippen MR) is 71.2 cm³/mol. The summed E-state index contributed by atoms with van der Waals surface area (Å²) in [6, 6.07) is 1.59. The number of rotatable bonds is 2. The number of amides is 1. The first-order chi connectivity index (χ1) is 9.65. The number of aromatic nitrogens is 4. The van der Waals surface area contributed by atoms with Gasteiger partial charge in [0.05, 0.1) is 12.1 Å². The van der Waals surface area contributed by atoms with Crippen LogP contribution in [0.4, 0.5) is 0 Å². The summed E-state index contributed by atoms with van der Waals surface area (Å²) in [5, 5.41) is 16.8. The Labute approximate surface area is 116 Å². The van der Waals surface area contributed by atoms with Crippen molar-refractivity contribution in [1.82, 2.24) is 24.9 Å². The Morgan fingerprint density at radius 3 is 3.00 bits per heavy atom. The van der Waals surface area contributed by atoms with Crippen LogP contribution in [0.2, 0.25) is 0 Å². The number of nitrogens with one attached hydrogen (secondary N) is 1. The van der Waals surface area contributed by atoms with E-state index in [1.165, 1.54) is 4.52 Å². The number of carbonyl (C=O) groups is 1. The molecule has 2 heterocycles. The lowest BCUT2D eigenvalue weighted by molar-refractivity contribution is 0.0710. The van der Waals surface area contributed by atoms with Crippen molar-refractivity contribution in [2.45, 2.75) is 44.8 Å². The predicted octanol–water partition coefficient (Wildman–Crippen LogP) is 0.466. The third kappa shape index (κ3) is 2.36. The highest BCUT2D eigenvalue weighted by Crippen LogP contribution is 2.18. The van der Waals surface area contributed by atoms with Gasteiger partial charge in [0.1, 0.15) is 0 Å². The van der Waals surface area contributed by atoms with E-state index in [0.29, 0.717) is 5.78 Å². The number of hydrogen-bond acceptors (Lipinski definition) is 5. The molecule has 0 aromatic carbocycles. The molecule has 0 spiro atoms. The molecule has 0 radical (unpaired) electrons. The van der Waals surface area contributed by atoms with Crippen LogP contribution in [-0.2, 0) is 0 Å². The van der Waals surface area contributed by atoms with Crippen molar-refractivity contribution >= 4 is 11.7 Å². The fourth-order valence-electron chi connectivity index (χ4n) is 2.52. The van der Waals surface area contributed by atoms with Crippen LogP contribution in [-0.4, -0.2) is 42.7 Å². The zero-order valence-corrected chi connectivity index (χ0v) is 11.3. The van der Waals surface area contributed by atoms with Gasteiger partial charge in [-0.05, 0) is 25.8 Å². The minimum Gasteiger partial charge on any atom is -0.391 e. The Kier molecular flexibility index (Phi) is 3.35. The Bertz CT molecular complexity index is 639. The van der Waals surface area contributed by atoms with Crippen LogP contribution in [0.5, 0.6) is 0 Å². The van der Waals surface area contributed by atoms with E-state index in [4.69, 9.17) is 0 Å². The minimum absolute atomic E-state index is 0.0876. The second-order valence-electron chi connectivity index (χ2n) is 5.17. The summed E-state index contributed by atoms with van der Waals surface area (Å²) < 4.78 is 1.53. The van der Waals surface area contributed by atoms with Crippen LogP contribution in [0, 0.1) is 6.92 Å². The van der Waals surface area contributed by atoms with Crippen molar-refractivity contribution in [3.8, 4) is 0 Å². The van der Waals surface area contributed by atoms with Gasteiger partial charge < -0.3 is 10.4 Å². The van der Waals surface area contributed by atoms with Crippen molar-refractivity contribution in [1.29, 1.82) is 0 Å². The van der Waals surface area contributed by atoms with Gasteiger partial charge in [-0.25, -0.2) is 9.50 Å². The standard InChI is InChI=1S/C13H17N5O2/c1-8-6-7-14-13-16-11(17-18(8)13)12(20)15-9-4-2-3-5-10(9)19/h6-7,9-10,19H,2-5H2,1H3,(H,15,20). The molecule has 1 saturated carbocycles. The van der Waals surface area contributed by atoms with Crippen LogP contribution in [0.3, 0.4) is 0 Å². The second-order valence-corrected chi connectivity index (χ2v) is 5.17. The monoisotopic (exact) mass is 275 g/mol. The summed E-state index contributed by atoms with van der Waals surface area (Å²) in [6.07, 6.45) is 4.68. The van der Waals surface area contributed by atoms with Crippen molar-refractivity contribution in [2.75, 3.05) is 0 Å². The van der Waals surface area contributed by atoms with Crippen LogP contribution in [0.15, 0.2) is 12.3 Å². The number of hydrogen-bond donors (Lipinski definition) is 2. The zero-order chi connectivity index (χ0) is 14.1. The van der Waals surface area contributed by atoms with Crippen LogP contribution in [0.25, 0.3) is 5.78 Å². The normalized spacial score (nSPS) is 22.9. The van der Waals surface area contributed by atoms with E-state index in [9.17, 15) is 9.90 Å². The number of fused-ring (bicyclic) bond motifs is 1. The van der Waals surface area contributed by atoms with Crippen molar-refractivity contribution in [2.24, 2.45) is 0 Å². The maximum absolute atomic E-state index is 12.2. The number of aliphatic hydroxyl groups excluding tert-OH is 1. The molecule has 7 heteroatoms. The lowest BCUT2D eigenvalue weighted by Gasteiger charge is -2.27. The smallest absolute Gasteiger partial charge is 0.291 e. The number of carbonyl (C=O) groups excluding carboxylic acids is 1. The Hall–Kier alpha value is -2.02. The van der Waals surface area contributed by atoms with E-state index in [0.717, 1.165) is 31.4 Å². The maximum Gasteiger partial charge on any atom is 0.291 e. The molecular weight excluding hydrogens is 258 g/mol. The first kappa shape index (κ1) is 13.0. The van der Waals surface area contributed by atoms with E-state index in [1.54, 1.807) is 12.3 Å². The molecule has 1 aliphatic rings. The molecule has 20 heavy (non-hydrogen) atoms. The number of aryl methyl sites for hydroxylation is 1. The van der Waals surface area contributed by atoms with Gasteiger partial charge in [-0.2, -0.15) is 4.98 Å². The molecule has 1 aliphatic carbocycles. The van der Waals surface area contributed by atoms with Gasteiger partial charge in [0.15, 0.2) is 0 Å². The van der Waals surface area contributed by atoms with Crippen molar-refractivity contribution < 1.29 is 9.90 Å². The highest BCUT2D eigenvalue weighted by molar-refractivity contribution is 5.91. The Morgan fingerprint density at radius 1 is 1.45 bits per heavy atom. The fourth-order valence-corrected chi connectivity index (χ4v) is 2.52. The SMILES string of the molecule is Cc1ccnc2nc(C(=O)NC3CCCCC3O)nn12. The van der Waals surface area contributed by atoms with Gasteiger partial charge in [0.25, 0.3) is 11.7 Å². The molecule has 0 saturated heterocycles. The molecule has 2 aromatic rings. The average Bonchev–Trinajstić information content (AvgIpc) is 2.87. The molecule has 3 rings (SSSR count). The Balaban J connectivity index is 1.80. The number of aliphatic hydroxyl groups is 1. The minimum atomic E-state index is -0.482. The molecule has 1 fully saturated rings. The van der Waals surface area contributed by atoms with Gasteiger partial charge >= 0.3 is 0 Å². The summed E-state index contributed by atoms with van der Waals surface area (Å²) >= 11 is 0. The number of nitrogens with zero attached hydrogens (tertiary/aromatic N) is 4. The summed E-state index contributed by atoms with van der Waals surface area (Å²) in [4.78, 5) is 20.3. The third-order valence-electron chi connectivity index (χ3n) is 3.68. The van der Waals surface area contributed by atoms with Gasteiger partial charge in [0.2, 0.25) is 5.82 Å². The summed E-state index contributed by atoms with van der Waals surface area (Å²) in [7, 11) is 0. The first-order valence-electron chi connectivity index (χ1n) is 6.82. The van der Waals surface area contributed by atoms with E-state index < -0.39 is 6.10 Å². The molecular formula is C13H17N5O2. The first-order valence-corrected chi connectivity index (χ1v) is 6.82. The zero-order valence-electron chi connectivity index (χ0n) is 11.3. The molecule has 0 bridgehead atoms. The Morgan fingerprint density at radius 2 is 2.25 bits per heavy atom. The molecule has 2 aromatic heterocycles. The van der Waals surface area contributed by atoms with Gasteiger partial charge in [-0.3, -0.25) is 4.79 Å². The molecule has 1 amide bonds. The summed E-state index contributed by atoms with van der Waals surface area (Å²) in [5.74, 6) is 0.129. The third-order valence-corrected chi connectivity index (χ3v) is 3.68. The largest absolute Gasteiger partial charge is 0.391 e. The van der Waals surface area contributed by atoms with Gasteiger partial charge in [-0.15, -0.1) is 5.10 Å². The van der Waals surface area contributed by atoms with Crippen LogP contribution < -0.4 is 5.32 Å². The van der Waals surface area contributed by atoms with Gasteiger partial charge in [0, 0.05) is 11.9 Å². The lowest BCUT2D eigenvalue weighted by atomic mass is 9.92. The fraction of sp³-hybridized carbons (Fsp3) is 0.538. The van der Waals surface area contributed by atoms with Crippen molar-refractivity contribution in [3.63, 3.8) is 0 Å². The maximum atomic E-state index is 12.2. The van der Waals surface area contributed by atoms with Crippen molar-refractivity contribution in [3.05, 3.63) is 23.8 Å². The summed E-state index contributed by atoms with van der Waals surface area (Å²) in [6.45, 7) is 1.87.